The maximum Gasteiger partial charge on any atom is 0.322 e. The lowest BCUT2D eigenvalue weighted by molar-refractivity contribution is -0.117. The van der Waals surface area contributed by atoms with Gasteiger partial charge in [0.15, 0.2) is 5.76 Å². The van der Waals surface area contributed by atoms with Crippen LogP contribution in [0.3, 0.4) is 0 Å². The van der Waals surface area contributed by atoms with Crippen LogP contribution < -0.4 is 5.32 Å². The van der Waals surface area contributed by atoms with E-state index in [9.17, 15) is 4.79 Å². The Labute approximate surface area is 113 Å². The van der Waals surface area contributed by atoms with E-state index in [1.807, 2.05) is 30.3 Å². The lowest BCUT2D eigenvalue weighted by Crippen LogP contribution is -2.13. The third-order valence-electron chi connectivity index (χ3n) is 3.24. The summed E-state index contributed by atoms with van der Waals surface area (Å²) in [6, 6.07) is 9.56. The van der Waals surface area contributed by atoms with Crippen molar-refractivity contribution in [2.24, 2.45) is 5.92 Å². The van der Waals surface area contributed by atoms with Gasteiger partial charge in [-0.25, -0.2) is 0 Å². The Morgan fingerprint density at radius 1 is 1.20 bits per heavy atom. The fourth-order valence-corrected chi connectivity index (χ4v) is 2.01. The van der Waals surface area contributed by atoms with Gasteiger partial charge in [-0.1, -0.05) is 23.3 Å². The highest BCUT2D eigenvalue weighted by Crippen LogP contribution is 2.31. The average Bonchev–Trinajstić information content (AvgIpc) is 3.06. The molecule has 100 valence electrons. The van der Waals surface area contributed by atoms with Gasteiger partial charge in [0, 0.05) is 11.3 Å². The quantitative estimate of drug-likeness (QED) is 0.790. The van der Waals surface area contributed by atoms with Crippen molar-refractivity contribution in [3.63, 3.8) is 0 Å². The molecule has 0 spiro atoms. The predicted molar refractivity (Wildman–Crippen MR) is 70.9 cm³/mol. The van der Waals surface area contributed by atoms with E-state index in [-0.39, 0.29) is 23.7 Å². The second kappa shape index (κ2) is 4.19. The molecule has 0 bridgehead atoms. The summed E-state index contributed by atoms with van der Waals surface area (Å²) in [4.78, 5) is 11.6. The Morgan fingerprint density at radius 2 is 2.05 bits per heavy atom. The van der Waals surface area contributed by atoms with Crippen LogP contribution in [0.15, 0.2) is 39.2 Å². The zero-order chi connectivity index (χ0) is 13.5. The van der Waals surface area contributed by atoms with Crippen LogP contribution in [0.25, 0.3) is 22.6 Å². The predicted octanol–water partition coefficient (Wildman–Crippen LogP) is 2.83. The summed E-state index contributed by atoms with van der Waals surface area (Å²) in [6.07, 6.45) is 1.85. The maximum atomic E-state index is 11.6. The van der Waals surface area contributed by atoms with E-state index in [0.29, 0.717) is 5.76 Å². The first-order chi connectivity index (χ1) is 9.79. The third kappa shape index (κ3) is 1.95. The van der Waals surface area contributed by atoms with E-state index in [2.05, 4.69) is 15.5 Å². The third-order valence-corrected chi connectivity index (χ3v) is 3.24. The van der Waals surface area contributed by atoms with Crippen LogP contribution >= 0.6 is 0 Å². The van der Waals surface area contributed by atoms with Gasteiger partial charge in [0.05, 0.1) is 0 Å². The summed E-state index contributed by atoms with van der Waals surface area (Å²) in [7, 11) is 0. The first kappa shape index (κ1) is 11.2. The molecular formula is C14H11N3O3. The van der Waals surface area contributed by atoms with Crippen LogP contribution in [0.1, 0.15) is 12.8 Å². The van der Waals surface area contributed by atoms with Crippen LogP contribution in [0.4, 0.5) is 6.01 Å². The lowest BCUT2D eigenvalue weighted by atomic mass is 10.2. The van der Waals surface area contributed by atoms with Gasteiger partial charge >= 0.3 is 6.01 Å². The molecule has 20 heavy (non-hydrogen) atoms. The van der Waals surface area contributed by atoms with Crippen molar-refractivity contribution in [1.82, 2.24) is 10.2 Å². The van der Waals surface area contributed by atoms with Crippen LogP contribution in [0.2, 0.25) is 0 Å². The number of benzene rings is 1. The van der Waals surface area contributed by atoms with E-state index in [1.165, 1.54) is 0 Å². The highest BCUT2D eigenvalue weighted by atomic mass is 16.4. The topological polar surface area (TPSA) is 81.2 Å². The molecule has 4 rings (SSSR count). The van der Waals surface area contributed by atoms with Crippen molar-refractivity contribution in [3.05, 3.63) is 30.3 Å². The summed E-state index contributed by atoms with van der Waals surface area (Å²) < 4.78 is 11.0. The fourth-order valence-electron chi connectivity index (χ4n) is 2.01. The monoisotopic (exact) mass is 269 g/mol. The molecule has 3 aromatic rings. The summed E-state index contributed by atoms with van der Waals surface area (Å²) in [5.41, 5.74) is 0.754. The second-order valence-electron chi connectivity index (χ2n) is 4.82. The van der Waals surface area contributed by atoms with Crippen molar-refractivity contribution in [2.45, 2.75) is 12.8 Å². The van der Waals surface area contributed by atoms with Crippen molar-refractivity contribution in [1.29, 1.82) is 0 Å². The SMILES string of the molecule is O=C(Nc1nnc(-c2cc3ccccc3o2)o1)C1CC1. The molecule has 1 saturated carbocycles. The van der Waals surface area contributed by atoms with Gasteiger partial charge in [-0.2, -0.15) is 0 Å². The molecule has 1 aromatic carbocycles. The Bertz CT molecular complexity index is 753. The molecule has 0 radical (unpaired) electrons. The number of anilines is 1. The average molecular weight is 269 g/mol. The summed E-state index contributed by atoms with van der Waals surface area (Å²) in [5, 5.41) is 11.3. The van der Waals surface area contributed by atoms with Crippen LogP contribution in [-0.4, -0.2) is 16.1 Å². The van der Waals surface area contributed by atoms with Gasteiger partial charge in [-0.05, 0) is 25.0 Å². The molecule has 0 saturated heterocycles. The van der Waals surface area contributed by atoms with Crippen molar-refractivity contribution in [3.8, 4) is 11.7 Å². The molecule has 6 nitrogen and oxygen atoms in total. The molecule has 1 N–H and O–H groups in total. The highest BCUT2D eigenvalue weighted by molar-refractivity contribution is 5.92. The number of aromatic nitrogens is 2. The maximum absolute atomic E-state index is 11.6. The van der Waals surface area contributed by atoms with Gasteiger partial charge < -0.3 is 8.83 Å². The number of rotatable bonds is 3. The van der Waals surface area contributed by atoms with Gasteiger partial charge in [0.1, 0.15) is 5.58 Å². The van der Waals surface area contributed by atoms with E-state index in [1.54, 1.807) is 0 Å². The molecule has 0 aliphatic heterocycles. The molecule has 2 aromatic heterocycles. The molecule has 6 heteroatoms. The normalized spacial score (nSPS) is 14.6. The molecule has 1 aliphatic carbocycles. The number of hydrogen-bond donors (Lipinski definition) is 1. The summed E-state index contributed by atoms with van der Waals surface area (Å²) >= 11 is 0. The Kier molecular flexibility index (Phi) is 2.35. The van der Waals surface area contributed by atoms with Gasteiger partial charge in [-0.15, -0.1) is 5.10 Å². The number of para-hydroxylation sites is 1. The second-order valence-corrected chi connectivity index (χ2v) is 4.82. The van der Waals surface area contributed by atoms with Gasteiger partial charge in [0.25, 0.3) is 5.89 Å². The zero-order valence-corrected chi connectivity index (χ0v) is 10.5. The largest absolute Gasteiger partial charge is 0.451 e. The van der Waals surface area contributed by atoms with Crippen LogP contribution in [-0.2, 0) is 4.79 Å². The van der Waals surface area contributed by atoms with Crippen molar-refractivity contribution in [2.75, 3.05) is 5.32 Å². The number of amides is 1. The highest BCUT2D eigenvalue weighted by Gasteiger charge is 2.30. The minimum atomic E-state index is -0.0650. The first-order valence-electron chi connectivity index (χ1n) is 6.43. The molecule has 2 heterocycles. The number of furan rings is 1. The minimum absolute atomic E-state index is 0.0650. The Balaban J connectivity index is 1.61. The van der Waals surface area contributed by atoms with E-state index < -0.39 is 0 Å². The lowest BCUT2D eigenvalue weighted by Gasteiger charge is -1.95. The summed E-state index contributed by atoms with van der Waals surface area (Å²) in [5.74, 6) is 0.777. The molecule has 1 amide bonds. The number of carbonyl (C=O) groups excluding carboxylic acids is 1. The van der Waals surface area contributed by atoms with E-state index in [0.717, 1.165) is 23.8 Å². The number of fused-ring (bicyclic) bond motifs is 1. The number of carbonyl (C=O) groups is 1. The Hall–Kier alpha value is -2.63. The van der Waals surface area contributed by atoms with E-state index in [4.69, 9.17) is 8.83 Å². The molecule has 1 fully saturated rings. The standard InChI is InChI=1S/C14H11N3O3/c18-12(8-5-6-8)15-14-17-16-13(20-14)11-7-9-3-1-2-4-10(9)19-11/h1-4,7-8H,5-6H2,(H,15,17,18). The van der Waals surface area contributed by atoms with Gasteiger partial charge in [-0.3, -0.25) is 10.1 Å². The molecule has 0 atom stereocenters. The number of hydrogen-bond acceptors (Lipinski definition) is 5. The minimum Gasteiger partial charge on any atom is -0.451 e. The van der Waals surface area contributed by atoms with Crippen molar-refractivity contribution < 1.29 is 13.6 Å². The number of nitrogens with zero attached hydrogens (tertiary/aromatic N) is 2. The summed E-state index contributed by atoms with van der Waals surface area (Å²) in [6.45, 7) is 0. The Morgan fingerprint density at radius 3 is 2.85 bits per heavy atom. The van der Waals surface area contributed by atoms with Gasteiger partial charge in [0.2, 0.25) is 5.91 Å². The fraction of sp³-hybridized carbons (Fsp3) is 0.214. The molecule has 0 unspecified atom stereocenters. The molecule has 1 aliphatic rings. The number of nitrogens with one attached hydrogen (secondary N) is 1. The van der Waals surface area contributed by atoms with Crippen LogP contribution in [0.5, 0.6) is 0 Å². The van der Waals surface area contributed by atoms with E-state index >= 15 is 0 Å². The molecular weight excluding hydrogens is 258 g/mol. The van der Waals surface area contributed by atoms with Crippen molar-refractivity contribution >= 4 is 22.9 Å². The zero-order valence-electron chi connectivity index (χ0n) is 10.5. The smallest absolute Gasteiger partial charge is 0.322 e. The van der Waals surface area contributed by atoms with Crippen LogP contribution in [0, 0.1) is 5.92 Å². The first-order valence-corrected chi connectivity index (χ1v) is 6.43.